The van der Waals surface area contributed by atoms with E-state index in [-0.39, 0.29) is 5.82 Å². The number of hydrogen-bond donors (Lipinski definition) is 1. The molecule has 0 aliphatic heterocycles. The van der Waals surface area contributed by atoms with E-state index in [1.54, 1.807) is 28.9 Å². The minimum Gasteiger partial charge on any atom is -0.319 e. The molecule has 4 rings (SSSR count). The third-order valence-electron chi connectivity index (χ3n) is 4.24. The molecule has 1 aromatic heterocycles. The van der Waals surface area contributed by atoms with Gasteiger partial charge in [0.2, 0.25) is 5.82 Å². The molecule has 0 atom stereocenters. The van der Waals surface area contributed by atoms with Gasteiger partial charge in [-0.1, -0.05) is 47.5 Å². The summed E-state index contributed by atoms with van der Waals surface area (Å²) in [4.78, 5) is 17.3. The molecule has 1 N–H and O–H groups in total. The normalized spacial score (nSPS) is 10.7. The Hall–Kier alpha value is -3.15. The largest absolute Gasteiger partial charge is 0.319 e. The van der Waals surface area contributed by atoms with Crippen molar-refractivity contribution in [3.63, 3.8) is 0 Å². The van der Waals surface area contributed by atoms with E-state index < -0.39 is 5.91 Å². The number of aromatic nitrogens is 3. The Balaban J connectivity index is 1.76. The van der Waals surface area contributed by atoms with E-state index in [9.17, 15) is 4.79 Å². The number of halogens is 2. The number of carbonyl (C=O) groups excluding carboxylic acids is 1. The van der Waals surface area contributed by atoms with E-state index in [4.69, 9.17) is 23.2 Å². The summed E-state index contributed by atoms with van der Waals surface area (Å²) in [5, 5.41) is 8.46. The van der Waals surface area contributed by atoms with Gasteiger partial charge in [-0.25, -0.2) is 9.67 Å². The summed E-state index contributed by atoms with van der Waals surface area (Å²) in [5.41, 5.74) is 3.20. The zero-order valence-corrected chi connectivity index (χ0v) is 16.9. The minimum absolute atomic E-state index is 0.0523. The van der Waals surface area contributed by atoms with Crippen molar-refractivity contribution in [3.05, 3.63) is 94.2 Å². The molecule has 4 aromatic rings. The van der Waals surface area contributed by atoms with Crippen LogP contribution in [-0.4, -0.2) is 20.7 Å². The van der Waals surface area contributed by atoms with E-state index in [0.29, 0.717) is 21.6 Å². The van der Waals surface area contributed by atoms with Gasteiger partial charge < -0.3 is 5.32 Å². The predicted octanol–water partition coefficient (Wildman–Crippen LogP) is 5.80. The van der Waals surface area contributed by atoms with Gasteiger partial charge in [0.05, 0.1) is 5.69 Å². The van der Waals surface area contributed by atoms with Gasteiger partial charge in [-0.3, -0.25) is 4.79 Å². The molecule has 0 radical (unpaired) electrons. The number of carbonyl (C=O) groups is 1. The molecule has 5 nitrogen and oxygen atoms in total. The van der Waals surface area contributed by atoms with Crippen molar-refractivity contribution in [2.75, 3.05) is 5.32 Å². The lowest BCUT2D eigenvalue weighted by molar-refractivity contribution is 0.101. The maximum atomic E-state index is 12.8. The van der Waals surface area contributed by atoms with E-state index in [1.807, 2.05) is 55.5 Å². The summed E-state index contributed by atoms with van der Waals surface area (Å²) in [5.74, 6) is 0.159. The maximum Gasteiger partial charge on any atom is 0.295 e. The molecular weight excluding hydrogens is 407 g/mol. The number of aryl methyl sites for hydroxylation is 1. The standard InChI is InChI=1S/C22H16Cl2N4O/c1-14-4-2-7-18(12-14)25-22(29)20-26-21(15-5-3-6-17(24)13-15)28(27-20)19-10-8-16(23)9-11-19/h2-13H,1H3,(H,25,29). The van der Waals surface area contributed by atoms with E-state index >= 15 is 0 Å². The van der Waals surface area contributed by atoms with Crippen molar-refractivity contribution >= 4 is 34.8 Å². The Labute approximate surface area is 177 Å². The molecular formula is C22H16Cl2N4O. The van der Waals surface area contributed by atoms with E-state index in [2.05, 4.69) is 15.4 Å². The number of hydrogen-bond acceptors (Lipinski definition) is 3. The third kappa shape index (κ3) is 4.31. The van der Waals surface area contributed by atoms with Crippen molar-refractivity contribution in [1.29, 1.82) is 0 Å². The lowest BCUT2D eigenvalue weighted by Gasteiger charge is -2.06. The van der Waals surface area contributed by atoms with Crippen molar-refractivity contribution in [3.8, 4) is 17.1 Å². The van der Waals surface area contributed by atoms with Crippen LogP contribution in [-0.2, 0) is 0 Å². The molecule has 1 heterocycles. The fourth-order valence-corrected chi connectivity index (χ4v) is 3.21. The summed E-state index contributed by atoms with van der Waals surface area (Å²) in [6.45, 7) is 1.96. The Morgan fingerprint density at radius 1 is 0.931 bits per heavy atom. The first kappa shape index (κ1) is 19.2. The molecule has 0 aliphatic rings. The lowest BCUT2D eigenvalue weighted by Crippen LogP contribution is -2.14. The van der Waals surface area contributed by atoms with Crippen LogP contribution in [0.3, 0.4) is 0 Å². The molecule has 7 heteroatoms. The van der Waals surface area contributed by atoms with E-state index in [0.717, 1.165) is 16.8 Å². The average molecular weight is 423 g/mol. The predicted molar refractivity (Wildman–Crippen MR) is 116 cm³/mol. The Morgan fingerprint density at radius 3 is 2.41 bits per heavy atom. The molecule has 0 bridgehead atoms. The highest BCUT2D eigenvalue weighted by atomic mass is 35.5. The number of nitrogens with one attached hydrogen (secondary N) is 1. The van der Waals surface area contributed by atoms with Crippen LogP contribution >= 0.6 is 23.2 Å². The minimum atomic E-state index is -0.397. The summed E-state index contributed by atoms with van der Waals surface area (Å²) in [7, 11) is 0. The fraction of sp³-hybridized carbons (Fsp3) is 0.0455. The molecule has 0 saturated carbocycles. The summed E-state index contributed by atoms with van der Waals surface area (Å²) in [6, 6.07) is 21.9. The second-order valence-electron chi connectivity index (χ2n) is 6.48. The first-order valence-corrected chi connectivity index (χ1v) is 9.62. The van der Waals surface area contributed by atoms with E-state index in [1.165, 1.54) is 0 Å². The molecule has 3 aromatic carbocycles. The zero-order chi connectivity index (χ0) is 20.4. The molecule has 0 fully saturated rings. The highest BCUT2D eigenvalue weighted by molar-refractivity contribution is 6.31. The van der Waals surface area contributed by atoms with Crippen LogP contribution in [0.15, 0.2) is 72.8 Å². The molecule has 0 unspecified atom stereocenters. The van der Waals surface area contributed by atoms with Crippen LogP contribution in [0, 0.1) is 6.92 Å². The van der Waals surface area contributed by atoms with Crippen LogP contribution in [0.1, 0.15) is 16.2 Å². The van der Waals surface area contributed by atoms with Crippen molar-refractivity contribution < 1.29 is 4.79 Å². The SMILES string of the molecule is Cc1cccc(NC(=O)c2nc(-c3cccc(Cl)c3)n(-c3ccc(Cl)cc3)n2)c1. The van der Waals surface area contributed by atoms with Crippen molar-refractivity contribution in [2.24, 2.45) is 0 Å². The van der Waals surface area contributed by atoms with Crippen LogP contribution < -0.4 is 5.32 Å². The quantitative estimate of drug-likeness (QED) is 0.451. The molecule has 0 aliphatic carbocycles. The highest BCUT2D eigenvalue weighted by Crippen LogP contribution is 2.25. The summed E-state index contributed by atoms with van der Waals surface area (Å²) in [6.07, 6.45) is 0. The fourth-order valence-electron chi connectivity index (χ4n) is 2.89. The Kier molecular flexibility index (Phi) is 5.34. The first-order chi connectivity index (χ1) is 14.0. The molecule has 0 saturated heterocycles. The number of anilines is 1. The van der Waals surface area contributed by atoms with Crippen molar-refractivity contribution in [2.45, 2.75) is 6.92 Å². The topological polar surface area (TPSA) is 59.8 Å². The summed E-state index contributed by atoms with van der Waals surface area (Å²) >= 11 is 12.2. The smallest absolute Gasteiger partial charge is 0.295 e. The highest BCUT2D eigenvalue weighted by Gasteiger charge is 2.19. The Bertz CT molecular complexity index is 1190. The third-order valence-corrected chi connectivity index (χ3v) is 4.73. The monoisotopic (exact) mass is 422 g/mol. The lowest BCUT2D eigenvalue weighted by atomic mass is 10.2. The number of rotatable bonds is 4. The van der Waals surface area contributed by atoms with Gasteiger partial charge in [0.1, 0.15) is 0 Å². The van der Waals surface area contributed by atoms with Crippen molar-refractivity contribution in [1.82, 2.24) is 14.8 Å². The van der Waals surface area contributed by atoms with Crippen LogP contribution in [0.2, 0.25) is 10.0 Å². The van der Waals surface area contributed by atoms with Gasteiger partial charge in [-0.15, -0.1) is 5.10 Å². The number of amides is 1. The van der Waals surface area contributed by atoms with Gasteiger partial charge >= 0.3 is 0 Å². The number of benzene rings is 3. The van der Waals surface area contributed by atoms with Crippen LogP contribution in [0.4, 0.5) is 5.69 Å². The van der Waals surface area contributed by atoms with Crippen LogP contribution in [0.5, 0.6) is 0 Å². The van der Waals surface area contributed by atoms with Gasteiger partial charge in [0, 0.05) is 21.3 Å². The summed E-state index contributed by atoms with van der Waals surface area (Å²) < 4.78 is 1.60. The zero-order valence-electron chi connectivity index (χ0n) is 15.4. The molecule has 1 amide bonds. The molecule has 29 heavy (non-hydrogen) atoms. The number of nitrogens with zero attached hydrogens (tertiary/aromatic N) is 3. The molecule has 0 spiro atoms. The maximum absolute atomic E-state index is 12.8. The second kappa shape index (κ2) is 8.07. The van der Waals surface area contributed by atoms with Gasteiger partial charge in [-0.05, 0) is 61.0 Å². The second-order valence-corrected chi connectivity index (χ2v) is 7.35. The average Bonchev–Trinajstić information content (AvgIpc) is 3.14. The van der Waals surface area contributed by atoms with Crippen LogP contribution in [0.25, 0.3) is 17.1 Å². The van der Waals surface area contributed by atoms with Gasteiger partial charge in [-0.2, -0.15) is 0 Å². The van der Waals surface area contributed by atoms with Gasteiger partial charge in [0.15, 0.2) is 5.82 Å². The Morgan fingerprint density at radius 2 is 1.69 bits per heavy atom. The molecule has 144 valence electrons. The first-order valence-electron chi connectivity index (χ1n) is 8.86. The van der Waals surface area contributed by atoms with Gasteiger partial charge in [0.25, 0.3) is 5.91 Å².